The van der Waals surface area contributed by atoms with E-state index in [2.05, 4.69) is 5.32 Å². The highest BCUT2D eigenvalue weighted by Crippen LogP contribution is 2.23. The third-order valence-electron chi connectivity index (χ3n) is 5.48. The molecule has 2 saturated heterocycles. The van der Waals surface area contributed by atoms with Gasteiger partial charge in [0.15, 0.2) is 6.10 Å². The predicted molar refractivity (Wildman–Crippen MR) is 115 cm³/mol. The lowest BCUT2D eigenvalue weighted by atomic mass is 10.0. The van der Waals surface area contributed by atoms with Crippen molar-refractivity contribution in [2.75, 3.05) is 32.8 Å². The Hall–Kier alpha value is -3.07. The van der Waals surface area contributed by atoms with E-state index in [-0.39, 0.29) is 36.6 Å². The van der Waals surface area contributed by atoms with Crippen LogP contribution in [0.1, 0.15) is 22.5 Å². The van der Waals surface area contributed by atoms with Gasteiger partial charge in [0.2, 0.25) is 5.91 Å². The largest absolute Gasteiger partial charge is 0.490 e. The maximum Gasteiger partial charge on any atom is 0.410 e. The molecule has 1 atom stereocenters. The van der Waals surface area contributed by atoms with Gasteiger partial charge in [-0.25, -0.2) is 4.79 Å². The molecule has 9 heteroatoms. The Morgan fingerprint density at radius 3 is 2.61 bits per heavy atom. The fourth-order valence-electron chi connectivity index (χ4n) is 3.82. The molecule has 0 saturated carbocycles. The Balaban J connectivity index is 1.20. The van der Waals surface area contributed by atoms with Crippen molar-refractivity contribution in [2.45, 2.75) is 25.0 Å². The molecular formula is C22H25N3O5S. The number of nitrogens with zero attached hydrogens (tertiary/aromatic N) is 2. The van der Waals surface area contributed by atoms with Gasteiger partial charge in [0.05, 0.1) is 18.0 Å². The van der Waals surface area contributed by atoms with E-state index >= 15 is 0 Å². The summed E-state index contributed by atoms with van der Waals surface area (Å²) in [7, 11) is 0. The van der Waals surface area contributed by atoms with Gasteiger partial charge in [-0.3, -0.25) is 9.59 Å². The highest BCUT2D eigenvalue weighted by Gasteiger charge is 2.38. The van der Waals surface area contributed by atoms with E-state index in [1.807, 2.05) is 35.7 Å². The molecule has 1 aromatic heterocycles. The average Bonchev–Trinajstić information content (AvgIpc) is 3.47. The molecular weight excluding hydrogens is 418 g/mol. The third-order valence-corrected chi connectivity index (χ3v) is 6.35. The van der Waals surface area contributed by atoms with E-state index in [1.54, 1.807) is 21.9 Å². The second kappa shape index (κ2) is 9.82. The van der Waals surface area contributed by atoms with Gasteiger partial charge in [-0.15, -0.1) is 11.3 Å². The number of nitrogens with one attached hydrogen (secondary N) is 1. The first-order valence-corrected chi connectivity index (χ1v) is 11.2. The molecule has 4 rings (SSSR count). The number of ether oxygens (including phenoxy) is 2. The summed E-state index contributed by atoms with van der Waals surface area (Å²) in [5.74, 6) is 0.401. The molecule has 1 unspecified atom stereocenters. The van der Waals surface area contributed by atoms with Crippen LogP contribution in [-0.2, 0) is 9.53 Å². The average molecular weight is 444 g/mol. The number of piperidine rings is 1. The molecule has 0 aliphatic carbocycles. The van der Waals surface area contributed by atoms with Gasteiger partial charge in [-0.2, -0.15) is 0 Å². The highest BCUT2D eigenvalue weighted by atomic mass is 32.1. The summed E-state index contributed by atoms with van der Waals surface area (Å²) < 4.78 is 11.2. The summed E-state index contributed by atoms with van der Waals surface area (Å²) in [5.41, 5.74) is 0. The molecule has 0 bridgehead atoms. The third kappa shape index (κ3) is 5.35. The van der Waals surface area contributed by atoms with Gasteiger partial charge in [0, 0.05) is 19.1 Å². The van der Waals surface area contributed by atoms with Crippen LogP contribution in [0.4, 0.5) is 4.79 Å². The van der Waals surface area contributed by atoms with Crippen molar-refractivity contribution >= 4 is 29.2 Å². The van der Waals surface area contributed by atoms with Crippen LogP contribution in [0.25, 0.3) is 0 Å². The molecule has 2 aromatic rings. The van der Waals surface area contributed by atoms with Crippen LogP contribution in [0, 0.1) is 0 Å². The second-order valence-corrected chi connectivity index (χ2v) is 8.50. The molecule has 3 heterocycles. The first kappa shape index (κ1) is 21.2. The number of carbonyl (C=O) groups is 3. The smallest absolute Gasteiger partial charge is 0.410 e. The quantitative estimate of drug-likeness (QED) is 0.710. The van der Waals surface area contributed by atoms with Gasteiger partial charge in [-0.05, 0) is 36.4 Å². The molecule has 1 N–H and O–H groups in total. The first-order valence-electron chi connectivity index (χ1n) is 10.3. The molecule has 2 fully saturated rings. The maximum atomic E-state index is 12.4. The summed E-state index contributed by atoms with van der Waals surface area (Å²) in [5, 5.41) is 4.49. The number of benzene rings is 1. The van der Waals surface area contributed by atoms with E-state index < -0.39 is 0 Å². The number of rotatable bonds is 7. The van der Waals surface area contributed by atoms with Crippen LogP contribution in [0.15, 0.2) is 47.8 Å². The lowest BCUT2D eigenvalue weighted by molar-refractivity contribution is -0.131. The van der Waals surface area contributed by atoms with Gasteiger partial charge in [-0.1, -0.05) is 24.3 Å². The number of cyclic esters (lactones) is 1. The molecule has 8 nitrogen and oxygen atoms in total. The number of carbonyl (C=O) groups excluding carboxylic acids is 3. The fraction of sp³-hybridized carbons (Fsp3) is 0.409. The second-order valence-electron chi connectivity index (χ2n) is 7.55. The van der Waals surface area contributed by atoms with Crippen molar-refractivity contribution in [1.82, 2.24) is 15.1 Å². The van der Waals surface area contributed by atoms with Crippen molar-refractivity contribution in [3.05, 3.63) is 52.7 Å². The van der Waals surface area contributed by atoms with Crippen molar-refractivity contribution in [1.29, 1.82) is 0 Å². The minimum Gasteiger partial charge on any atom is -0.490 e. The Morgan fingerprint density at radius 2 is 1.90 bits per heavy atom. The van der Waals surface area contributed by atoms with E-state index in [1.165, 1.54) is 11.3 Å². The maximum absolute atomic E-state index is 12.4. The van der Waals surface area contributed by atoms with Crippen molar-refractivity contribution in [3.8, 4) is 5.75 Å². The van der Waals surface area contributed by atoms with Crippen molar-refractivity contribution in [2.24, 2.45) is 0 Å². The van der Waals surface area contributed by atoms with Crippen LogP contribution < -0.4 is 10.1 Å². The van der Waals surface area contributed by atoms with Gasteiger partial charge in [0.1, 0.15) is 12.4 Å². The Kier molecular flexibility index (Phi) is 6.71. The summed E-state index contributed by atoms with van der Waals surface area (Å²) in [6.45, 7) is 1.88. The van der Waals surface area contributed by atoms with Crippen molar-refractivity contribution in [3.63, 3.8) is 0 Å². The summed E-state index contributed by atoms with van der Waals surface area (Å²) >= 11 is 1.34. The first-order chi connectivity index (χ1) is 15.1. The Bertz CT molecular complexity index is 897. The molecule has 2 aliphatic heterocycles. The topological polar surface area (TPSA) is 88.2 Å². The number of hydrogen-bond acceptors (Lipinski definition) is 6. The standard InChI is InChI=1S/C22H25N3O5S/c26-20(13-23-21(27)19-7-4-12-31-19)24-10-8-16(9-11-24)25-14-18(30-22(25)28)15-29-17-5-2-1-3-6-17/h1-7,12,16,18H,8-11,13-15H2,(H,23,27). The zero-order valence-corrected chi connectivity index (χ0v) is 17.9. The molecule has 2 aliphatic rings. The normalized spacial score (nSPS) is 19.2. The fourth-order valence-corrected chi connectivity index (χ4v) is 4.46. The SMILES string of the molecule is O=C(NCC(=O)N1CCC(N2CC(COc3ccccc3)OC2=O)CC1)c1cccs1. The summed E-state index contributed by atoms with van der Waals surface area (Å²) in [6, 6.07) is 13.0. The van der Waals surface area contributed by atoms with E-state index in [0.29, 0.717) is 44.0 Å². The van der Waals surface area contributed by atoms with Crippen LogP contribution in [-0.4, -0.2) is 72.6 Å². The molecule has 164 valence electrons. The number of thiophene rings is 1. The van der Waals surface area contributed by atoms with Crippen LogP contribution >= 0.6 is 11.3 Å². The Morgan fingerprint density at radius 1 is 1.13 bits per heavy atom. The molecule has 3 amide bonds. The number of likely N-dealkylation sites (tertiary alicyclic amines) is 1. The molecule has 1 aromatic carbocycles. The Labute approximate surface area is 184 Å². The van der Waals surface area contributed by atoms with E-state index in [0.717, 1.165) is 5.75 Å². The number of para-hydroxylation sites is 1. The van der Waals surface area contributed by atoms with E-state index in [4.69, 9.17) is 9.47 Å². The lowest BCUT2D eigenvalue weighted by Gasteiger charge is -2.35. The van der Waals surface area contributed by atoms with Crippen LogP contribution in [0.2, 0.25) is 0 Å². The summed E-state index contributed by atoms with van der Waals surface area (Å²) in [4.78, 5) is 40.8. The minimum atomic E-state index is -0.324. The predicted octanol–water partition coefficient (Wildman–Crippen LogP) is 2.37. The lowest BCUT2D eigenvalue weighted by Crippen LogP contribution is -2.49. The van der Waals surface area contributed by atoms with Gasteiger partial charge >= 0.3 is 6.09 Å². The van der Waals surface area contributed by atoms with Gasteiger partial charge < -0.3 is 24.6 Å². The zero-order chi connectivity index (χ0) is 21.6. The zero-order valence-electron chi connectivity index (χ0n) is 17.1. The van der Waals surface area contributed by atoms with E-state index in [9.17, 15) is 14.4 Å². The monoisotopic (exact) mass is 443 g/mol. The molecule has 31 heavy (non-hydrogen) atoms. The van der Waals surface area contributed by atoms with Crippen LogP contribution in [0.5, 0.6) is 5.75 Å². The number of hydrogen-bond donors (Lipinski definition) is 1. The van der Waals surface area contributed by atoms with Gasteiger partial charge in [0.25, 0.3) is 5.91 Å². The van der Waals surface area contributed by atoms with Crippen LogP contribution in [0.3, 0.4) is 0 Å². The highest BCUT2D eigenvalue weighted by molar-refractivity contribution is 7.12. The van der Waals surface area contributed by atoms with Crippen molar-refractivity contribution < 1.29 is 23.9 Å². The minimum absolute atomic E-state index is 0.0218. The molecule has 0 spiro atoms. The summed E-state index contributed by atoms with van der Waals surface area (Å²) in [6.07, 6.45) is 0.743. The molecule has 0 radical (unpaired) electrons. The number of amides is 3.